The van der Waals surface area contributed by atoms with Crippen LogP contribution in [0.5, 0.6) is 0 Å². The number of ether oxygens (including phenoxy) is 1. The molecule has 1 aliphatic carbocycles. The Kier molecular flexibility index (Phi) is 3.38. The molecule has 3 nitrogen and oxygen atoms in total. The van der Waals surface area contributed by atoms with Gasteiger partial charge in [-0.3, -0.25) is 0 Å². The molecule has 0 aliphatic heterocycles. The first-order valence-electron chi connectivity index (χ1n) is 6.29. The summed E-state index contributed by atoms with van der Waals surface area (Å²) in [5.41, 5.74) is 1.54. The number of aliphatic imine (C=N–C) groups is 1. The highest BCUT2D eigenvalue weighted by atomic mass is 16.5. The lowest BCUT2D eigenvalue weighted by molar-refractivity contribution is 0.0190. The fourth-order valence-electron chi connectivity index (χ4n) is 2.37. The zero-order valence-electron chi connectivity index (χ0n) is 11.2. The van der Waals surface area contributed by atoms with Crippen molar-refractivity contribution in [1.29, 1.82) is 0 Å². The first-order chi connectivity index (χ1) is 8.54. The van der Waals surface area contributed by atoms with Crippen LogP contribution >= 0.6 is 0 Å². The fourth-order valence-corrected chi connectivity index (χ4v) is 2.37. The summed E-state index contributed by atoms with van der Waals surface area (Å²) in [6.07, 6.45) is 4.70. The molecule has 1 aliphatic rings. The number of hydrogen-bond acceptors (Lipinski definition) is 3. The Morgan fingerprint density at radius 3 is 2.61 bits per heavy atom. The van der Waals surface area contributed by atoms with Crippen LogP contribution < -0.4 is 0 Å². The van der Waals surface area contributed by atoms with Gasteiger partial charge in [-0.05, 0) is 44.2 Å². The first kappa shape index (κ1) is 13.0. The Morgan fingerprint density at radius 1 is 1.39 bits per heavy atom. The molecule has 0 bridgehead atoms. The summed E-state index contributed by atoms with van der Waals surface area (Å²) < 4.78 is 5.50. The average molecular weight is 245 g/mol. The average Bonchev–Trinajstić information content (AvgIpc) is 2.34. The Morgan fingerprint density at radius 2 is 2.11 bits per heavy atom. The van der Waals surface area contributed by atoms with Crippen molar-refractivity contribution in [3.63, 3.8) is 0 Å². The molecule has 2 rings (SSSR count). The zero-order valence-corrected chi connectivity index (χ0v) is 11.2. The minimum Gasteiger partial charge on any atom is -0.374 e. The van der Waals surface area contributed by atoms with E-state index in [1.54, 1.807) is 13.2 Å². The highest BCUT2D eigenvalue weighted by molar-refractivity contribution is 5.41. The predicted molar refractivity (Wildman–Crippen MR) is 70.1 cm³/mol. The van der Waals surface area contributed by atoms with Crippen LogP contribution in [0.25, 0.3) is 0 Å². The lowest BCUT2D eigenvalue weighted by atomic mass is 9.71. The summed E-state index contributed by atoms with van der Waals surface area (Å²) in [7, 11) is 1.70. The van der Waals surface area contributed by atoms with E-state index in [4.69, 9.17) is 4.74 Å². The lowest BCUT2D eigenvalue weighted by Crippen LogP contribution is -2.32. The van der Waals surface area contributed by atoms with Crippen LogP contribution in [0.15, 0.2) is 29.3 Å². The van der Waals surface area contributed by atoms with Crippen LogP contribution in [-0.2, 0) is 20.7 Å². The van der Waals surface area contributed by atoms with E-state index in [9.17, 15) is 4.79 Å². The van der Waals surface area contributed by atoms with Crippen molar-refractivity contribution in [2.75, 3.05) is 7.11 Å². The van der Waals surface area contributed by atoms with Crippen molar-refractivity contribution in [2.45, 2.75) is 44.2 Å². The molecule has 18 heavy (non-hydrogen) atoms. The topological polar surface area (TPSA) is 38.7 Å². The van der Waals surface area contributed by atoms with Gasteiger partial charge >= 0.3 is 0 Å². The van der Waals surface area contributed by atoms with Gasteiger partial charge in [0.05, 0.1) is 11.1 Å². The smallest absolute Gasteiger partial charge is 0.235 e. The normalized spacial score (nSPS) is 17.7. The molecule has 1 aromatic rings. The van der Waals surface area contributed by atoms with Gasteiger partial charge in [-0.15, -0.1) is 0 Å². The molecule has 0 N–H and O–H groups in total. The minimum absolute atomic E-state index is 0.328. The fraction of sp³-hybridized carbons (Fsp3) is 0.533. The Hall–Kier alpha value is -1.44. The number of rotatable bonds is 4. The van der Waals surface area contributed by atoms with Crippen LogP contribution in [0, 0.1) is 0 Å². The second kappa shape index (κ2) is 4.68. The van der Waals surface area contributed by atoms with Crippen LogP contribution in [0.2, 0.25) is 0 Å². The standard InChI is InChI=1S/C15H19NO2/c1-14(2,18-3)12-6-4-7-13(10-12)15(16-11-17)8-5-9-15/h4,6-7,10H,5,8-9H2,1-3H3. The van der Waals surface area contributed by atoms with Crippen molar-refractivity contribution in [2.24, 2.45) is 4.99 Å². The van der Waals surface area contributed by atoms with Crippen molar-refractivity contribution >= 4 is 6.08 Å². The van der Waals surface area contributed by atoms with Gasteiger partial charge in [-0.2, -0.15) is 4.99 Å². The third-order valence-corrected chi connectivity index (χ3v) is 4.05. The third-order valence-electron chi connectivity index (χ3n) is 4.05. The van der Waals surface area contributed by atoms with E-state index in [-0.39, 0.29) is 11.1 Å². The summed E-state index contributed by atoms with van der Waals surface area (Å²) in [5, 5.41) is 0. The number of benzene rings is 1. The number of hydrogen-bond donors (Lipinski definition) is 0. The van der Waals surface area contributed by atoms with Gasteiger partial charge < -0.3 is 4.74 Å². The molecule has 0 heterocycles. The van der Waals surface area contributed by atoms with Crippen molar-refractivity contribution in [1.82, 2.24) is 0 Å². The Balaban J connectivity index is 2.41. The van der Waals surface area contributed by atoms with Crippen LogP contribution in [0.1, 0.15) is 44.2 Å². The summed E-state index contributed by atoms with van der Waals surface area (Å²) in [6.45, 7) is 4.06. The van der Waals surface area contributed by atoms with Crippen molar-refractivity contribution < 1.29 is 9.53 Å². The van der Waals surface area contributed by atoms with Crippen molar-refractivity contribution in [3.05, 3.63) is 35.4 Å². The summed E-state index contributed by atoms with van der Waals surface area (Å²) >= 11 is 0. The molecule has 0 saturated heterocycles. The molecular formula is C15H19NO2. The minimum atomic E-state index is -0.332. The molecule has 3 heteroatoms. The third kappa shape index (κ3) is 2.12. The zero-order chi connectivity index (χ0) is 13.2. The van der Waals surface area contributed by atoms with Crippen molar-refractivity contribution in [3.8, 4) is 0 Å². The molecule has 96 valence electrons. The molecule has 0 atom stereocenters. The van der Waals surface area contributed by atoms with Gasteiger partial charge in [0, 0.05) is 7.11 Å². The molecule has 1 aromatic carbocycles. The molecule has 1 saturated carbocycles. The van der Waals surface area contributed by atoms with Gasteiger partial charge in [-0.25, -0.2) is 4.79 Å². The van der Waals surface area contributed by atoms with Crippen LogP contribution in [0.4, 0.5) is 0 Å². The SMILES string of the molecule is COC(C)(C)c1cccc(C2(N=C=O)CCC2)c1. The molecular weight excluding hydrogens is 226 g/mol. The quantitative estimate of drug-likeness (QED) is 0.603. The summed E-state index contributed by atoms with van der Waals surface area (Å²) in [6, 6.07) is 8.19. The number of methoxy groups -OCH3 is 1. The molecule has 0 radical (unpaired) electrons. The van der Waals surface area contributed by atoms with Gasteiger partial charge in [0.15, 0.2) is 0 Å². The maximum Gasteiger partial charge on any atom is 0.235 e. The monoisotopic (exact) mass is 245 g/mol. The second-order valence-electron chi connectivity index (χ2n) is 5.38. The van der Waals surface area contributed by atoms with E-state index in [0.717, 1.165) is 30.4 Å². The highest BCUT2D eigenvalue weighted by Crippen LogP contribution is 2.45. The lowest BCUT2D eigenvalue weighted by Gasteiger charge is -2.38. The van der Waals surface area contributed by atoms with Gasteiger partial charge in [-0.1, -0.05) is 24.3 Å². The molecule has 0 spiro atoms. The van der Waals surface area contributed by atoms with E-state index < -0.39 is 0 Å². The molecule has 0 unspecified atom stereocenters. The van der Waals surface area contributed by atoms with Gasteiger partial charge in [0.2, 0.25) is 6.08 Å². The Bertz CT molecular complexity index is 483. The van der Waals surface area contributed by atoms with Crippen LogP contribution in [-0.4, -0.2) is 13.2 Å². The molecule has 1 fully saturated rings. The molecule has 0 amide bonds. The van der Waals surface area contributed by atoms with Gasteiger partial charge in [0.1, 0.15) is 0 Å². The maximum atomic E-state index is 10.6. The molecule has 0 aromatic heterocycles. The van der Waals surface area contributed by atoms with E-state index in [1.165, 1.54) is 0 Å². The van der Waals surface area contributed by atoms with E-state index >= 15 is 0 Å². The number of nitrogens with zero attached hydrogens (tertiary/aromatic N) is 1. The summed E-state index contributed by atoms with van der Waals surface area (Å²) in [5.74, 6) is 0. The van der Waals surface area contributed by atoms with E-state index in [2.05, 4.69) is 11.1 Å². The van der Waals surface area contributed by atoms with E-state index in [0.29, 0.717) is 0 Å². The number of isocyanates is 1. The first-order valence-corrected chi connectivity index (χ1v) is 6.29. The maximum absolute atomic E-state index is 10.6. The Labute approximate surface area is 108 Å². The largest absolute Gasteiger partial charge is 0.374 e. The van der Waals surface area contributed by atoms with Crippen LogP contribution in [0.3, 0.4) is 0 Å². The number of carbonyl (C=O) groups excluding carboxylic acids is 1. The van der Waals surface area contributed by atoms with Gasteiger partial charge in [0.25, 0.3) is 0 Å². The van der Waals surface area contributed by atoms with E-state index in [1.807, 2.05) is 32.0 Å². The second-order valence-corrected chi connectivity index (χ2v) is 5.38. The highest BCUT2D eigenvalue weighted by Gasteiger charge is 2.39. The predicted octanol–water partition coefficient (Wildman–Crippen LogP) is 3.28. The summed E-state index contributed by atoms with van der Waals surface area (Å²) in [4.78, 5) is 14.6.